The van der Waals surface area contributed by atoms with Crippen LogP contribution < -0.4 is 5.73 Å². The van der Waals surface area contributed by atoms with E-state index in [2.05, 4.69) is 0 Å². The second kappa shape index (κ2) is 8.40. The lowest BCUT2D eigenvalue weighted by atomic mass is 9.69. The maximum Gasteiger partial charge on any atom is 0.324 e. The highest BCUT2D eigenvalue weighted by molar-refractivity contribution is 8.00. The minimum Gasteiger partial charge on any atom is -0.480 e. The van der Waals surface area contributed by atoms with Crippen molar-refractivity contribution in [2.75, 3.05) is 11.6 Å². The van der Waals surface area contributed by atoms with Crippen molar-refractivity contribution in [3.63, 3.8) is 0 Å². The van der Waals surface area contributed by atoms with Gasteiger partial charge in [-0.05, 0) is 16.7 Å². The van der Waals surface area contributed by atoms with Crippen LogP contribution in [-0.2, 0) is 15.0 Å². The highest BCUT2D eigenvalue weighted by Gasteiger charge is 2.58. The first kappa shape index (κ1) is 21.7. The Morgan fingerprint density at radius 3 is 2.10 bits per heavy atom. The van der Waals surface area contributed by atoms with Crippen LogP contribution in [-0.4, -0.2) is 44.9 Å². The van der Waals surface area contributed by atoms with Gasteiger partial charge in [0.2, 0.25) is 5.91 Å². The van der Waals surface area contributed by atoms with Crippen LogP contribution in [0, 0.1) is 0 Å². The number of alkyl halides is 1. The van der Waals surface area contributed by atoms with E-state index in [1.54, 1.807) is 53.4 Å². The fourth-order valence-corrected chi connectivity index (χ4v) is 5.67. The molecule has 152 valence electrons. The van der Waals surface area contributed by atoms with Crippen molar-refractivity contribution in [3.8, 4) is 0 Å². The van der Waals surface area contributed by atoms with Crippen molar-refractivity contribution in [1.29, 1.82) is 0 Å². The summed E-state index contributed by atoms with van der Waals surface area (Å²) >= 11 is 7.77. The predicted octanol–water partition coefficient (Wildman–Crippen LogP) is 3.21. The number of benzene rings is 2. The van der Waals surface area contributed by atoms with Gasteiger partial charge in [-0.25, -0.2) is 0 Å². The molecule has 0 aliphatic carbocycles. The quantitative estimate of drug-likeness (QED) is 0.539. The average Bonchev–Trinajstić information content (AvgIpc) is 2.74. The van der Waals surface area contributed by atoms with Gasteiger partial charge in [0.1, 0.15) is 11.4 Å². The van der Waals surface area contributed by atoms with E-state index in [0.29, 0.717) is 22.6 Å². The van der Waals surface area contributed by atoms with E-state index in [4.69, 9.17) is 17.3 Å². The zero-order valence-electron chi connectivity index (χ0n) is 15.3. The SMILES string of the molecule is Cl.N[C@@H]1C(=O)N2C(C(C(=O)O)(c3ccccc3)c3ccccc3)=C(CCl)CSC12. The van der Waals surface area contributed by atoms with Gasteiger partial charge in [-0.3, -0.25) is 14.5 Å². The number of β-lactam (4-membered cyclic amide) rings is 1. The third-order valence-corrected chi connectivity index (χ3v) is 7.02. The van der Waals surface area contributed by atoms with Crippen molar-refractivity contribution in [2.24, 2.45) is 5.73 Å². The third kappa shape index (κ3) is 3.15. The molecule has 2 atom stereocenters. The molecule has 29 heavy (non-hydrogen) atoms. The van der Waals surface area contributed by atoms with Crippen LogP contribution in [0.25, 0.3) is 0 Å². The molecular formula is C21H20Cl2N2O3S. The minimum atomic E-state index is -1.55. The van der Waals surface area contributed by atoms with Crippen molar-refractivity contribution < 1.29 is 14.7 Å². The Morgan fingerprint density at radius 2 is 1.66 bits per heavy atom. The largest absolute Gasteiger partial charge is 0.480 e. The number of aliphatic carboxylic acids is 1. The molecular weight excluding hydrogens is 431 g/mol. The van der Waals surface area contributed by atoms with Gasteiger partial charge in [0, 0.05) is 17.3 Å². The zero-order valence-corrected chi connectivity index (χ0v) is 17.7. The fourth-order valence-electron chi connectivity index (χ4n) is 4.04. The highest BCUT2D eigenvalue weighted by atomic mass is 35.5. The number of nitrogens with two attached hydrogens (primary N) is 1. The van der Waals surface area contributed by atoms with Gasteiger partial charge in [-0.2, -0.15) is 0 Å². The van der Waals surface area contributed by atoms with E-state index in [1.807, 2.05) is 12.1 Å². The number of fused-ring (bicyclic) bond motifs is 1. The summed E-state index contributed by atoms with van der Waals surface area (Å²) in [7, 11) is 0. The number of amides is 1. The number of carboxylic acids is 1. The predicted molar refractivity (Wildman–Crippen MR) is 117 cm³/mol. The van der Waals surface area contributed by atoms with Crippen LogP contribution in [0.4, 0.5) is 0 Å². The Balaban J connectivity index is 0.00000240. The molecule has 2 aromatic carbocycles. The van der Waals surface area contributed by atoms with Crippen LogP contribution in [0.15, 0.2) is 71.9 Å². The molecule has 5 nitrogen and oxygen atoms in total. The van der Waals surface area contributed by atoms with Gasteiger partial charge in [0.25, 0.3) is 0 Å². The number of nitrogens with zero attached hydrogens (tertiary/aromatic N) is 1. The fraction of sp³-hybridized carbons (Fsp3) is 0.238. The summed E-state index contributed by atoms with van der Waals surface area (Å²) in [6, 6.07) is 17.4. The summed E-state index contributed by atoms with van der Waals surface area (Å²) in [6.45, 7) is 0. The number of hydrogen-bond acceptors (Lipinski definition) is 4. The molecule has 2 heterocycles. The Hall–Kier alpha value is -1.99. The van der Waals surface area contributed by atoms with Crippen LogP contribution in [0.3, 0.4) is 0 Å². The topological polar surface area (TPSA) is 83.6 Å². The molecule has 1 amide bonds. The van der Waals surface area contributed by atoms with Gasteiger partial charge in [-0.15, -0.1) is 35.8 Å². The number of carboxylic acid groups (broad SMARTS) is 1. The van der Waals surface area contributed by atoms with E-state index < -0.39 is 17.4 Å². The molecule has 2 aliphatic heterocycles. The summed E-state index contributed by atoms with van der Waals surface area (Å²) < 4.78 is 0. The molecule has 4 rings (SSSR count). The van der Waals surface area contributed by atoms with E-state index in [1.165, 1.54) is 11.8 Å². The lowest BCUT2D eigenvalue weighted by molar-refractivity contribution is -0.146. The lowest BCUT2D eigenvalue weighted by Crippen LogP contribution is -2.70. The first-order valence-corrected chi connectivity index (χ1v) is 10.4. The average molecular weight is 451 g/mol. The first-order chi connectivity index (χ1) is 13.5. The second-order valence-corrected chi connectivity index (χ2v) is 8.18. The van der Waals surface area contributed by atoms with Crippen molar-refractivity contribution in [3.05, 3.63) is 83.1 Å². The van der Waals surface area contributed by atoms with Crippen LogP contribution in [0.1, 0.15) is 11.1 Å². The maximum absolute atomic E-state index is 13.0. The molecule has 3 N–H and O–H groups in total. The smallest absolute Gasteiger partial charge is 0.324 e. The lowest BCUT2D eigenvalue weighted by Gasteiger charge is -2.53. The number of carbonyl (C=O) groups excluding carboxylic acids is 1. The van der Waals surface area contributed by atoms with Crippen molar-refractivity contribution >= 4 is 47.6 Å². The van der Waals surface area contributed by atoms with E-state index in [9.17, 15) is 14.7 Å². The van der Waals surface area contributed by atoms with Gasteiger partial charge < -0.3 is 10.8 Å². The van der Waals surface area contributed by atoms with Crippen molar-refractivity contribution in [1.82, 2.24) is 4.90 Å². The summed E-state index contributed by atoms with van der Waals surface area (Å²) in [5.74, 6) is -0.646. The maximum atomic E-state index is 13.0. The van der Waals surface area contributed by atoms with Gasteiger partial charge in [0.15, 0.2) is 5.41 Å². The Labute approximate surface area is 184 Å². The minimum absolute atomic E-state index is 0. The zero-order chi connectivity index (χ0) is 19.9. The Kier molecular flexibility index (Phi) is 6.29. The third-order valence-electron chi connectivity index (χ3n) is 5.34. The van der Waals surface area contributed by atoms with E-state index in [0.717, 1.165) is 5.57 Å². The number of rotatable bonds is 5. The molecule has 1 saturated heterocycles. The van der Waals surface area contributed by atoms with Crippen LogP contribution in [0.2, 0.25) is 0 Å². The molecule has 1 fully saturated rings. The summed E-state index contributed by atoms with van der Waals surface area (Å²) in [5.41, 5.74) is 6.77. The molecule has 0 bridgehead atoms. The summed E-state index contributed by atoms with van der Waals surface area (Å²) in [5, 5.41) is 10.3. The number of hydrogen-bond donors (Lipinski definition) is 2. The second-order valence-electron chi connectivity index (χ2n) is 6.81. The van der Waals surface area contributed by atoms with Crippen LogP contribution in [0.5, 0.6) is 0 Å². The Morgan fingerprint density at radius 1 is 1.14 bits per heavy atom. The van der Waals surface area contributed by atoms with Crippen LogP contribution >= 0.6 is 35.8 Å². The molecule has 0 saturated carbocycles. The number of carbonyl (C=O) groups is 2. The molecule has 0 aromatic heterocycles. The molecule has 0 radical (unpaired) electrons. The summed E-state index contributed by atoms with van der Waals surface area (Å²) in [6.07, 6.45) is 0. The monoisotopic (exact) mass is 450 g/mol. The van der Waals surface area contributed by atoms with Gasteiger partial charge >= 0.3 is 5.97 Å². The van der Waals surface area contributed by atoms with Gasteiger partial charge in [0.05, 0.1) is 0 Å². The molecule has 2 aromatic rings. The highest BCUT2D eigenvalue weighted by Crippen LogP contribution is 2.50. The summed E-state index contributed by atoms with van der Waals surface area (Å²) in [4.78, 5) is 27.3. The normalized spacial score (nSPS) is 21.2. The first-order valence-electron chi connectivity index (χ1n) is 8.86. The van der Waals surface area contributed by atoms with E-state index in [-0.39, 0.29) is 29.6 Å². The number of halogens is 2. The molecule has 1 unspecified atom stereocenters. The van der Waals surface area contributed by atoms with Gasteiger partial charge in [-0.1, -0.05) is 60.7 Å². The molecule has 2 aliphatic rings. The standard InChI is InChI=1S/C21H19ClN2O3S.ClH/c22-11-13-12-28-19-16(23)18(25)24(19)17(13)21(20(26)27,14-7-3-1-4-8-14)15-9-5-2-6-10-15;/h1-10,16,19H,11-12,23H2,(H,26,27);1H/t16-,19?;/m1./s1. The molecule has 8 heteroatoms. The Bertz CT molecular complexity index is 913. The molecule has 0 spiro atoms. The van der Waals surface area contributed by atoms with Crippen molar-refractivity contribution in [2.45, 2.75) is 16.8 Å². The van der Waals surface area contributed by atoms with E-state index >= 15 is 0 Å². The number of thioether (sulfide) groups is 1.